The number of benzene rings is 2. The monoisotopic (exact) mass is 373 g/mol. The molecule has 3 aromatic rings. The van der Waals surface area contributed by atoms with Crippen molar-refractivity contribution in [3.05, 3.63) is 54.4 Å². The second-order valence-electron chi connectivity index (χ2n) is 6.01. The molecule has 1 amide bonds. The summed E-state index contributed by atoms with van der Waals surface area (Å²) >= 11 is 0. The maximum Gasteiger partial charge on any atom is 0.267 e. The number of aryl methyl sites for hydroxylation is 1. The number of carbonyl (C=O) groups is 1. The maximum absolute atomic E-state index is 12.4. The van der Waals surface area contributed by atoms with Crippen LogP contribution in [-0.2, 0) is 21.9 Å². The van der Waals surface area contributed by atoms with Crippen LogP contribution in [0, 0.1) is 0 Å². The van der Waals surface area contributed by atoms with Crippen LogP contribution in [0.25, 0.3) is 10.8 Å². The molecular formula is C18H19N3O4S. The molecule has 8 heteroatoms. The minimum Gasteiger partial charge on any atom is -0.497 e. The van der Waals surface area contributed by atoms with Gasteiger partial charge in [-0.25, -0.2) is 13.1 Å². The Kier molecular flexibility index (Phi) is 4.69. The van der Waals surface area contributed by atoms with Crippen LogP contribution in [0.4, 0.5) is 0 Å². The van der Waals surface area contributed by atoms with Gasteiger partial charge < -0.3 is 4.74 Å². The Morgan fingerprint density at radius 2 is 1.88 bits per heavy atom. The zero-order valence-electron chi connectivity index (χ0n) is 14.6. The van der Waals surface area contributed by atoms with E-state index in [-0.39, 0.29) is 4.90 Å². The first-order valence-corrected chi connectivity index (χ1v) is 9.41. The van der Waals surface area contributed by atoms with E-state index in [1.165, 1.54) is 17.1 Å². The molecule has 3 rings (SSSR count). The molecule has 0 bridgehead atoms. The highest BCUT2D eigenvalue weighted by Gasteiger charge is 2.24. The predicted molar refractivity (Wildman–Crippen MR) is 97.5 cm³/mol. The van der Waals surface area contributed by atoms with E-state index >= 15 is 0 Å². The first-order valence-electron chi connectivity index (χ1n) is 7.93. The highest BCUT2D eigenvalue weighted by atomic mass is 32.2. The molecule has 0 fully saturated rings. The molecule has 0 spiro atoms. The van der Waals surface area contributed by atoms with Crippen molar-refractivity contribution < 1.29 is 17.9 Å². The molecule has 0 aliphatic heterocycles. The topological polar surface area (TPSA) is 90.3 Å². The lowest BCUT2D eigenvalue weighted by Crippen LogP contribution is -2.33. The number of hydrogen-bond acceptors (Lipinski definition) is 5. The van der Waals surface area contributed by atoms with E-state index in [1.54, 1.807) is 21.1 Å². The second-order valence-corrected chi connectivity index (χ2v) is 7.70. The molecule has 0 aliphatic rings. The smallest absolute Gasteiger partial charge is 0.267 e. The molecule has 7 nitrogen and oxygen atoms in total. The van der Waals surface area contributed by atoms with Gasteiger partial charge in [0.1, 0.15) is 10.6 Å². The van der Waals surface area contributed by atoms with Gasteiger partial charge in [0, 0.05) is 13.2 Å². The first kappa shape index (κ1) is 17.9. The largest absolute Gasteiger partial charge is 0.497 e. The van der Waals surface area contributed by atoms with Crippen LogP contribution < -0.4 is 9.46 Å². The molecule has 0 aliphatic carbocycles. The van der Waals surface area contributed by atoms with Crippen LogP contribution in [0.2, 0.25) is 0 Å². The Balaban J connectivity index is 1.83. The Morgan fingerprint density at radius 1 is 1.19 bits per heavy atom. The van der Waals surface area contributed by atoms with Gasteiger partial charge >= 0.3 is 0 Å². The standard InChI is InChI=1S/C18H19N3O4S/c1-12(18(22)20-26(23,24)17-10-19-21(2)11-17)13-4-5-15-9-16(25-3)7-6-14(15)8-13/h4-12H,1-3H3,(H,20,22). The maximum atomic E-state index is 12.4. The van der Waals surface area contributed by atoms with Crippen molar-refractivity contribution in [2.45, 2.75) is 17.7 Å². The fourth-order valence-corrected chi connectivity index (χ4v) is 3.64. The van der Waals surface area contributed by atoms with E-state index in [0.29, 0.717) is 0 Å². The third kappa shape index (κ3) is 3.55. The number of hydrogen-bond donors (Lipinski definition) is 1. The van der Waals surface area contributed by atoms with E-state index < -0.39 is 21.8 Å². The molecule has 2 aromatic carbocycles. The van der Waals surface area contributed by atoms with Gasteiger partial charge in [0.2, 0.25) is 5.91 Å². The van der Waals surface area contributed by atoms with Crippen LogP contribution in [-0.4, -0.2) is 31.2 Å². The van der Waals surface area contributed by atoms with Crippen molar-refractivity contribution in [2.24, 2.45) is 7.05 Å². The molecule has 1 aromatic heterocycles. The fraction of sp³-hybridized carbons (Fsp3) is 0.222. The van der Waals surface area contributed by atoms with Gasteiger partial charge in [-0.15, -0.1) is 0 Å². The van der Waals surface area contributed by atoms with Crippen molar-refractivity contribution >= 4 is 26.7 Å². The lowest BCUT2D eigenvalue weighted by Gasteiger charge is -2.13. The summed E-state index contributed by atoms with van der Waals surface area (Å²) in [4.78, 5) is 12.4. The summed E-state index contributed by atoms with van der Waals surface area (Å²) in [6, 6.07) is 11.2. The number of methoxy groups -OCH3 is 1. The lowest BCUT2D eigenvalue weighted by molar-refractivity contribution is -0.120. The van der Waals surface area contributed by atoms with Gasteiger partial charge in [-0.1, -0.05) is 24.3 Å². The normalized spacial score (nSPS) is 12.7. The number of amides is 1. The van der Waals surface area contributed by atoms with E-state index in [4.69, 9.17) is 4.74 Å². The second kappa shape index (κ2) is 6.80. The molecule has 1 unspecified atom stereocenters. The van der Waals surface area contributed by atoms with E-state index in [2.05, 4.69) is 9.82 Å². The molecule has 0 radical (unpaired) electrons. The zero-order chi connectivity index (χ0) is 18.9. The number of nitrogens with zero attached hydrogens (tertiary/aromatic N) is 2. The van der Waals surface area contributed by atoms with Crippen molar-refractivity contribution in [1.29, 1.82) is 0 Å². The minimum absolute atomic E-state index is 0.0499. The van der Waals surface area contributed by atoms with Crippen LogP contribution in [0.15, 0.2) is 53.7 Å². The summed E-state index contributed by atoms with van der Waals surface area (Å²) in [6.45, 7) is 1.67. The fourth-order valence-electron chi connectivity index (χ4n) is 2.61. The van der Waals surface area contributed by atoms with Crippen LogP contribution in [0.3, 0.4) is 0 Å². The Bertz CT molecular complexity index is 1070. The van der Waals surface area contributed by atoms with Gasteiger partial charge in [-0.3, -0.25) is 9.48 Å². The van der Waals surface area contributed by atoms with Gasteiger partial charge in [0.25, 0.3) is 10.0 Å². The molecule has 0 saturated heterocycles. The molecule has 0 saturated carbocycles. The highest BCUT2D eigenvalue weighted by molar-refractivity contribution is 7.90. The van der Waals surface area contributed by atoms with Gasteiger partial charge in [0.15, 0.2) is 0 Å². The molecule has 1 heterocycles. The van der Waals surface area contributed by atoms with Gasteiger partial charge in [-0.2, -0.15) is 5.10 Å². The number of fused-ring (bicyclic) bond motifs is 1. The number of sulfonamides is 1. The summed E-state index contributed by atoms with van der Waals surface area (Å²) < 4.78 is 33.2. The number of nitrogens with one attached hydrogen (secondary N) is 1. The Morgan fingerprint density at radius 3 is 2.54 bits per heavy atom. The van der Waals surface area contributed by atoms with E-state index in [1.807, 2.05) is 36.4 Å². The number of aromatic nitrogens is 2. The summed E-state index contributed by atoms with van der Waals surface area (Å²) in [7, 11) is -0.736. The lowest BCUT2D eigenvalue weighted by atomic mass is 9.97. The van der Waals surface area contributed by atoms with Gasteiger partial charge in [-0.05, 0) is 35.4 Å². The molecule has 1 N–H and O–H groups in total. The summed E-state index contributed by atoms with van der Waals surface area (Å²) in [5, 5.41) is 5.74. The summed E-state index contributed by atoms with van der Waals surface area (Å²) in [5.41, 5.74) is 0.724. The number of carbonyl (C=O) groups excluding carboxylic acids is 1. The van der Waals surface area contributed by atoms with E-state index in [0.717, 1.165) is 22.1 Å². The Labute approximate surface area is 151 Å². The Hall–Kier alpha value is -2.87. The van der Waals surface area contributed by atoms with Crippen molar-refractivity contribution in [2.75, 3.05) is 7.11 Å². The molecule has 1 atom stereocenters. The zero-order valence-corrected chi connectivity index (χ0v) is 15.4. The molecule has 136 valence electrons. The van der Waals surface area contributed by atoms with E-state index in [9.17, 15) is 13.2 Å². The SMILES string of the molecule is COc1ccc2cc(C(C)C(=O)NS(=O)(=O)c3cnn(C)c3)ccc2c1. The van der Waals surface area contributed by atoms with Gasteiger partial charge in [0.05, 0.1) is 19.2 Å². The summed E-state index contributed by atoms with van der Waals surface area (Å²) in [6.07, 6.45) is 2.54. The number of rotatable bonds is 5. The first-order chi connectivity index (χ1) is 12.3. The van der Waals surface area contributed by atoms with Crippen LogP contribution in [0.5, 0.6) is 5.75 Å². The number of ether oxygens (including phenoxy) is 1. The quantitative estimate of drug-likeness (QED) is 0.740. The molecular weight excluding hydrogens is 354 g/mol. The van der Waals surface area contributed by atoms with Crippen molar-refractivity contribution in [3.63, 3.8) is 0 Å². The van der Waals surface area contributed by atoms with Crippen LogP contribution in [0.1, 0.15) is 18.4 Å². The average Bonchev–Trinajstić information content (AvgIpc) is 3.07. The summed E-state index contributed by atoms with van der Waals surface area (Å²) in [5.74, 6) is -0.478. The minimum atomic E-state index is -3.94. The third-order valence-electron chi connectivity index (χ3n) is 4.19. The van der Waals surface area contributed by atoms with Crippen molar-refractivity contribution in [1.82, 2.24) is 14.5 Å². The average molecular weight is 373 g/mol. The predicted octanol–water partition coefficient (Wildman–Crippen LogP) is 2.19. The third-order valence-corrected chi connectivity index (χ3v) is 5.49. The van der Waals surface area contributed by atoms with Crippen LogP contribution >= 0.6 is 0 Å². The molecule has 26 heavy (non-hydrogen) atoms. The van der Waals surface area contributed by atoms with Crippen molar-refractivity contribution in [3.8, 4) is 5.75 Å². The highest BCUT2D eigenvalue weighted by Crippen LogP contribution is 2.25.